The molecule has 0 atom stereocenters. The van der Waals surface area contributed by atoms with Crippen LogP contribution in [-0.4, -0.2) is 21.6 Å². The molecule has 0 saturated heterocycles. The summed E-state index contributed by atoms with van der Waals surface area (Å²) in [5, 5.41) is 0. The standard InChI is InChI=1S/C24H18N2O3S/c1-16-5-12-23(30-16)21-14-26(24(29)25-21)20-4-2-3-19(13-20)22(28)11-10-17-6-8-18(15-27)9-7-17/h2-15H,1H3,(H,25,29)/b11-10+. The van der Waals surface area contributed by atoms with Gasteiger partial charge >= 0.3 is 5.69 Å². The molecule has 0 aliphatic heterocycles. The van der Waals surface area contributed by atoms with Crippen molar-refractivity contribution in [3.8, 4) is 16.3 Å². The van der Waals surface area contributed by atoms with Crippen LogP contribution in [0.5, 0.6) is 0 Å². The van der Waals surface area contributed by atoms with Crippen LogP contribution in [0.3, 0.4) is 0 Å². The van der Waals surface area contributed by atoms with E-state index in [-0.39, 0.29) is 11.5 Å². The number of nitrogens with zero attached hydrogens (tertiary/aromatic N) is 1. The Hall–Kier alpha value is -3.77. The zero-order chi connectivity index (χ0) is 21.1. The highest BCUT2D eigenvalue weighted by Gasteiger charge is 2.10. The van der Waals surface area contributed by atoms with Crippen molar-refractivity contribution in [2.45, 2.75) is 6.92 Å². The highest BCUT2D eigenvalue weighted by molar-refractivity contribution is 7.15. The van der Waals surface area contributed by atoms with Crippen LogP contribution in [0, 0.1) is 6.92 Å². The molecule has 30 heavy (non-hydrogen) atoms. The summed E-state index contributed by atoms with van der Waals surface area (Å²) in [4.78, 5) is 40.8. The molecule has 2 heterocycles. The molecular weight excluding hydrogens is 396 g/mol. The van der Waals surface area contributed by atoms with Crippen LogP contribution in [0.25, 0.3) is 22.3 Å². The Balaban J connectivity index is 1.58. The second-order valence-electron chi connectivity index (χ2n) is 6.79. The van der Waals surface area contributed by atoms with Crippen molar-refractivity contribution in [3.05, 3.63) is 105 Å². The lowest BCUT2D eigenvalue weighted by molar-refractivity contribution is 0.104. The van der Waals surface area contributed by atoms with Gasteiger partial charge < -0.3 is 4.98 Å². The molecule has 5 nitrogen and oxygen atoms in total. The maximum absolute atomic E-state index is 12.6. The summed E-state index contributed by atoms with van der Waals surface area (Å²) in [6.45, 7) is 2.02. The van der Waals surface area contributed by atoms with Gasteiger partial charge in [0, 0.05) is 22.2 Å². The fourth-order valence-electron chi connectivity index (χ4n) is 3.05. The monoisotopic (exact) mass is 414 g/mol. The third-order valence-corrected chi connectivity index (χ3v) is 5.67. The molecule has 2 aromatic carbocycles. The van der Waals surface area contributed by atoms with Gasteiger partial charge in [0.15, 0.2) is 5.78 Å². The number of aryl methyl sites for hydroxylation is 1. The van der Waals surface area contributed by atoms with Gasteiger partial charge in [-0.15, -0.1) is 11.3 Å². The average molecular weight is 414 g/mol. The first-order valence-corrected chi connectivity index (χ1v) is 10.1. The number of carbonyl (C=O) groups excluding carboxylic acids is 2. The number of carbonyl (C=O) groups is 2. The first kappa shape index (κ1) is 19.5. The Morgan fingerprint density at radius 1 is 1.03 bits per heavy atom. The predicted molar refractivity (Wildman–Crippen MR) is 120 cm³/mol. The second kappa shape index (κ2) is 8.31. The highest BCUT2D eigenvalue weighted by Crippen LogP contribution is 2.26. The van der Waals surface area contributed by atoms with Crippen LogP contribution < -0.4 is 5.69 Å². The topological polar surface area (TPSA) is 71.9 Å². The molecule has 0 unspecified atom stereocenters. The van der Waals surface area contributed by atoms with Crippen molar-refractivity contribution in [2.24, 2.45) is 0 Å². The highest BCUT2D eigenvalue weighted by atomic mass is 32.1. The maximum Gasteiger partial charge on any atom is 0.330 e. The molecule has 148 valence electrons. The Bertz CT molecular complexity index is 1310. The number of benzene rings is 2. The van der Waals surface area contributed by atoms with Crippen molar-refractivity contribution in [1.29, 1.82) is 0 Å². The molecule has 0 amide bonds. The number of thiophene rings is 1. The number of hydrogen-bond acceptors (Lipinski definition) is 4. The summed E-state index contributed by atoms with van der Waals surface area (Å²) in [6, 6.07) is 17.9. The molecule has 0 saturated carbocycles. The molecule has 0 fully saturated rings. The SMILES string of the molecule is Cc1ccc(-c2cn(-c3cccc(C(=O)/C=C/c4ccc(C=O)cc4)c3)c(=O)[nH]2)s1. The smallest absolute Gasteiger partial charge is 0.305 e. The van der Waals surface area contributed by atoms with Crippen LogP contribution in [0.1, 0.15) is 31.2 Å². The van der Waals surface area contributed by atoms with Gasteiger partial charge in [-0.05, 0) is 42.8 Å². The zero-order valence-electron chi connectivity index (χ0n) is 16.2. The van der Waals surface area contributed by atoms with E-state index in [1.54, 1.807) is 72.1 Å². The number of H-pyrrole nitrogens is 1. The molecule has 0 spiro atoms. The molecular formula is C24H18N2O3S. The van der Waals surface area contributed by atoms with E-state index in [9.17, 15) is 14.4 Å². The van der Waals surface area contributed by atoms with E-state index in [1.807, 2.05) is 19.1 Å². The van der Waals surface area contributed by atoms with Crippen LogP contribution in [0.15, 0.2) is 77.7 Å². The molecule has 1 N–H and O–H groups in total. The number of aldehydes is 1. The first-order chi connectivity index (χ1) is 14.5. The summed E-state index contributed by atoms with van der Waals surface area (Å²) in [6.07, 6.45) is 5.71. The molecule has 0 bridgehead atoms. The number of ketones is 1. The Kier molecular flexibility index (Phi) is 5.41. The first-order valence-electron chi connectivity index (χ1n) is 9.30. The lowest BCUT2D eigenvalue weighted by atomic mass is 10.1. The van der Waals surface area contributed by atoms with Crippen molar-refractivity contribution in [3.63, 3.8) is 0 Å². The minimum Gasteiger partial charge on any atom is -0.305 e. The number of aromatic amines is 1. The average Bonchev–Trinajstić information content (AvgIpc) is 3.38. The lowest BCUT2D eigenvalue weighted by Crippen LogP contribution is -2.14. The van der Waals surface area contributed by atoms with Crippen LogP contribution >= 0.6 is 11.3 Å². The third-order valence-electron chi connectivity index (χ3n) is 4.63. The van der Waals surface area contributed by atoms with Crippen LogP contribution in [-0.2, 0) is 0 Å². The number of aromatic nitrogens is 2. The predicted octanol–water partition coefficient (Wildman–Crippen LogP) is 4.91. The van der Waals surface area contributed by atoms with E-state index in [1.165, 1.54) is 15.5 Å². The fourth-order valence-corrected chi connectivity index (χ4v) is 3.89. The van der Waals surface area contributed by atoms with Gasteiger partial charge in [0.1, 0.15) is 6.29 Å². The van der Waals surface area contributed by atoms with Gasteiger partial charge in [0.05, 0.1) is 16.3 Å². The van der Waals surface area contributed by atoms with E-state index >= 15 is 0 Å². The van der Waals surface area contributed by atoms with E-state index in [0.29, 0.717) is 16.8 Å². The van der Waals surface area contributed by atoms with Crippen molar-refractivity contribution < 1.29 is 9.59 Å². The molecule has 0 aliphatic carbocycles. The number of imidazole rings is 1. The van der Waals surface area contributed by atoms with Gasteiger partial charge in [0.25, 0.3) is 0 Å². The van der Waals surface area contributed by atoms with Gasteiger partial charge in [-0.25, -0.2) is 4.79 Å². The molecule has 4 aromatic rings. The van der Waals surface area contributed by atoms with E-state index < -0.39 is 0 Å². The summed E-state index contributed by atoms with van der Waals surface area (Å²) >= 11 is 1.61. The van der Waals surface area contributed by atoms with Gasteiger partial charge in [-0.3, -0.25) is 14.2 Å². The lowest BCUT2D eigenvalue weighted by Gasteiger charge is -2.03. The number of hydrogen-bond donors (Lipinski definition) is 1. The quantitative estimate of drug-likeness (QED) is 0.277. The third kappa shape index (κ3) is 4.14. The van der Waals surface area contributed by atoms with Crippen LogP contribution in [0.2, 0.25) is 0 Å². The maximum atomic E-state index is 12.6. The molecule has 0 aliphatic rings. The minimum atomic E-state index is -0.258. The minimum absolute atomic E-state index is 0.172. The molecule has 6 heteroatoms. The van der Waals surface area contributed by atoms with E-state index in [4.69, 9.17) is 0 Å². The number of rotatable bonds is 6. The van der Waals surface area contributed by atoms with Crippen molar-refractivity contribution >= 4 is 29.5 Å². The summed E-state index contributed by atoms with van der Waals surface area (Å²) in [5.41, 5.74) is 2.99. The van der Waals surface area contributed by atoms with Gasteiger partial charge in [-0.1, -0.05) is 42.5 Å². The van der Waals surface area contributed by atoms with E-state index in [0.717, 1.165) is 22.4 Å². The normalized spacial score (nSPS) is 11.1. The van der Waals surface area contributed by atoms with Crippen molar-refractivity contribution in [1.82, 2.24) is 9.55 Å². The number of allylic oxidation sites excluding steroid dienone is 1. The van der Waals surface area contributed by atoms with Gasteiger partial charge in [0.2, 0.25) is 0 Å². The molecule has 0 radical (unpaired) electrons. The molecule has 4 rings (SSSR count). The largest absolute Gasteiger partial charge is 0.330 e. The summed E-state index contributed by atoms with van der Waals surface area (Å²) in [7, 11) is 0. The van der Waals surface area contributed by atoms with Gasteiger partial charge in [-0.2, -0.15) is 0 Å². The van der Waals surface area contributed by atoms with Crippen molar-refractivity contribution in [2.75, 3.05) is 0 Å². The van der Waals surface area contributed by atoms with E-state index in [2.05, 4.69) is 4.98 Å². The fraction of sp³-hybridized carbons (Fsp3) is 0.0417. The molecule has 2 aromatic heterocycles. The number of nitrogens with one attached hydrogen (secondary N) is 1. The summed E-state index contributed by atoms with van der Waals surface area (Å²) in [5.74, 6) is -0.172. The second-order valence-corrected chi connectivity index (χ2v) is 8.07. The van der Waals surface area contributed by atoms with Crippen LogP contribution in [0.4, 0.5) is 0 Å². The zero-order valence-corrected chi connectivity index (χ0v) is 17.0. The Morgan fingerprint density at radius 3 is 2.50 bits per heavy atom. The Labute approximate surface area is 177 Å². The summed E-state index contributed by atoms with van der Waals surface area (Å²) < 4.78 is 1.50. The Morgan fingerprint density at radius 2 is 1.80 bits per heavy atom.